The minimum atomic E-state index is -0.822. The van der Waals surface area contributed by atoms with Crippen molar-refractivity contribution >= 4 is 23.6 Å². The van der Waals surface area contributed by atoms with Crippen molar-refractivity contribution in [3.8, 4) is 22.6 Å². The number of nitrogens with zero attached hydrogens (tertiary/aromatic N) is 5. The average molecular weight is 548 g/mol. The van der Waals surface area contributed by atoms with Gasteiger partial charge in [0.1, 0.15) is 0 Å². The van der Waals surface area contributed by atoms with Crippen LogP contribution < -0.4 is 0 Å². The Balaban J connectivity index is 1.89. The Bertz CT molecular complexity index is 1510. The first-order chi connectivity index (χ1) is 19.2. The zero-order valence-electron chi connectivity index (χ0n) is 24.0. The van der Waals surface area contributed by atoms with E-state index in [1.807, 2.05) is 19.1 Å². The summed E-state index contributed by atoms with van der Waals surface area (Å²) in [5.41, 5.74) is 5.44. The second kappa shape index (κ2) is 12.1. The molecular formula is C30H37N5O5. The fraction of sp³-hybridized carbons (Fsp3) is 0.433. The molecule has 0 saturated carbocycles. The average Bonchev–Trinajstić information content (AvgIpc) is 3.56. The van der Waals surface area contributed by atoms with E-state index < -0.39 is 12.0 Å². The molecule has 2 unspecified atom stereocenters. The van der Waals surface area contributed by atoms with Crippen LogP contribution in [0.1, 0.15) is 50.9 Å². The van der Waals surface area contributed by atoms with Gasteiger partial charge in [-0.25, -0.2) is 4.79 Å². The Morgan fingerprint density at radius 2 is 2.05 bits per heavy atom. The van der Waals surface area contributed by atoms with E-state index in [0.29, 0.717) is 12.2 Å². The molecule has 0 fully saturated rings. The highest BCUT2D eigenvalue weighted by molar-refractivity contribution is 5.94. The van der Waals surface area contributed by atoms with Gasteiger partial charge in [-0.1, -0.05) is 19.0 Å². The number of aromatic nitrogens is 4. The number of benzene rings is 1. The van der Waals surface area contributed by atoms with Gasteiger partial charge in [0, 0.05) is 48.5 Å². The summed E-state index contributed by atoms with van der Waals surface area (Å²) in [7, 11) is 2.98. The molecule has 0 spiro atoms. The summed E-state index contributed by atoms with van der Waals surface area (Å²) in [4.78, 5) is 25.0. The summed E-state index contributed by atoms with van der Waals surface area (Å²) >= 11 is 0. The Morgan fingerprint density at radius 3 is 2.70 bits per heavy atom. The molecule has 10 heteroatoms. The molecule has 10 nitrogen and oxygen atoms in total. The monoisotopic (exact) mass is 547 g/mol. The van der Waals surface area contributed by atoms with Gasteiger partial charge in [-0.2, -0.15) is 4.98 Å². The Kier molecular flexibility index (Phi) is 8.80. The number of methoxy groups -OCH3 is 2. The smallest absolute Gasteiger partial charge is 0.331 e. The summed E-state index contributed by atoms with van der Waals surface area (Å²) < 4.78 is 18.2. The Hall–Kier alpha value is -3.89. The van der Waals surface area contributed by atoms with Crippen LogP contribution in [0.15, 0.2) is 46.0 Å². The van der Waals surface area contributed by atoms with Gasteiger partial charge >= 0.3 is 5.97 Å². The third kappa shape index (κ3) is 5.68. The van der Waals surface area contributed by atoms with Gasteiger partial charge in [0.2, 0.25) is 11.7 Å². The van der Waals surface area contributed by atoms with Crippen LogP contribution >= 0.6 is 0 Å². The molecule has 3 aromatic heterocycles. The lowest BCUT2D eigenvalue weighted by molar-refractivity contribution is -0.142. The molecule has 1 aromatic carbocycles. The highest BCUT2D eigenvalue weighted by Gasteiger charge is 2.28. The molecule has 40 heavy (non-hydrogen) atoms. The molecule has 0 bridgehead atoms. The van der Waals surface area contributed by atoms with Crippen molar-refractivity contribution in [1.29, 1.82) is 0 Å². The number of rotatable bonds is 12. The van der Waals surface area contributed by atoms with Crippen LogP contribution in [0.25, 0.3) is 33.5 Å². The van der Waals surface area contributed by atoms with Gasteiger partial charge in [0.15, 0.2) is 6.04 Å². The second-order valence-electron chi connectivity index (χ2n) is 10.6. The molecule has 0 amide bonds. The lowest BCUT2D eigenvalue weighted by atomic mass is 9.84. The van der Waals surface area contributed by atoms with E-state index >= 15 is 0 Å². The van der Waals surface area contributed by atoms with E-state index in [0.717, 1.165) is 45.5 Å². The topological polar surface area (TPSA) is 125 Å². The van der Waals surface area contributed by atoms with E-state index in [4.69, 9.17) is 14.0 Å². The third-order valence-electron chi connectivity index (χ3n) is 7.19. The molecule has 0 aliphatic rings. The third-order valence-corrected chi connectivity index (χ3v) is 7.19. The maximum atomic E-state index is 11.9. The molecule has 212 valence electrons. The molecule has 0 saturated heterocycles. The number of esters is 1. The minimum Gasteiger partial charge on any atom is -0.467 e. The van der Waals surface area contributed by atoms with Gasteiger partial charge in [0.25, 0.3) is 0 Å². The standard InChI is InChI=1S/C30H37N5O5/c1-8-35-24-12-11-19(28-33-25(40-34-28)15-23(31-5)29(37)39-7)14-21(24)22(16-30(3,4)17-36)27(35)20-10-9-13-32-26(20)18(2)38-6/h9-14,18,23,36H,5,8,15-17H2,1-4,6-7H3. The number of hydrogen-bond acceptors (Lipinski definition) is 9. The SMILES string of the molecule is C=NC(Cc1nc(-c2ccc3c(c2)c(CC(C)(C)CO)c(-c2cccnc2C(C)OC)n3CC)no1)C(=O)OC. The van der Waals surface area contributed by atoms with E-state index in [1.54, 1.807) is 13.3 Å². The van der Waals surface area contributed by atoms with Crippen molar-refractivity contribution in [2.45, 2.75) is 59.2 Å². The van der Waals surface area contributed by atoms with E-state index in [9.17, 15) is 9.90 Å². The number of ether oxygens (including phenoxy) is 2. The first-order valence-corrected chi connectivity index (χ1v) is 13.3. The number of pyridine rings is 1. The Labute approximate surface area is 234 Å². The van der Waals surface area contributed by atoms with Gasteiger partial charge in [-0.05, 0) is 68.3 Å². The molecule has 0 aliphatic heterocycles. The number of aliphatic hydroxyl groups excluding tert-OH is 1. The van der Waals surface area contributed by atoms with Crippen molar-refractivity contribution in [2.75, 3.05) is 20.8 Å². The van der Waals surface area contributed by atoms with Crippen molar-refractivity contribution in [1.82, 2.24) is 19.7 Å². The summed E-state index contributed by atoms with van der Waals surface area (Å²) in [6.45, 7) is 12.4. The number of carbonyl (C=O) groups excluding carboxylic acids is 1. The van der Waals surface area contributed by atoms with Gasteiger partial charge < -0.3 is 23.7 Å². The first kappa shape index (κ1) is 29.1. The zero-order chi connectivity index (χ0) is 29.0. The number of aliphatic hydroxyl groups is 1. The second-order valence-corrected chi connectivity index (χ2v) is 10.6. The van der Waals surface area contributed by atoms with E-state index in [2.05, 4.69) is 70.4 Å². The van der Waals surface area contributed by atoms with Crippen molar-refractivity contribution in [2.24, 2.45) is 10.4 Å². The maximum Gasteiger partial charge on any atom is 0.331 e. The van der Waals surface area contributed by atoms with Crippen LogP contribution in [0, 0.1) is 5.41 Å². The minimum absolute atomic E-state index is 0.0339. The van der Waals surface area contributed by atoms with Crippen LogP contribution in [-0.2, 0) is 33.7 Å². The number of fused-ring (bicyclic) bond motifs is 1. The summed E-state index contributed by atoms with van der Waals surface area (Å²) in [6, 6.07) is 9.26. The molecule has 3 heterocycles. The van der Waals surface area contributed by atoms with Crippen molar-refractivity contribution in [3.05, 3.63) is 53.7 Å². The van der Waals surface area contributed by atoms with Gasteiger partial charge in [-0.3, -0.25) is 9.98 Å². The maximum absolute atomic E-state index is 11.9. The van der Waals surface area contributed by atoms with Crippen LogP contribution in [0.4, 0.5) is 0 Å². The molecular weight excluding hydrogens is 510 g/mol. The number of aryl methyl sites for hydroxylation is 1. The predicted octanol–water partition coefficient (Wildman–Crippen LogP) is 4.83. The number of hydrogen-bond donors (Lipinski definition) is 1. The summed E-state index contributed by atoms with van der Waals surface area (Å²) in [6.07, 6.45) is 2.30. The largest absolute Gasteiger partial charge is 0.467 e. The number of aliphatic imine (C=N–C) groups is 1. The lowest BCUT2D eigenvalue weighted by Crippen LogP contribution is -2.22. The molecule has 2 atom stereocenters. The van der Waals surface area contributed by atoms with Crippen LogP contribution in [0.5, 0.6) is 0 Å². The molecule has 1 N–H and O–H groups in total. The summed E-state index contributed by atoms with van der Waals surface area (Å²) in [5.74, 6) is 0.149. The quantitative estimate of drug-likeness (QED) is 0.198. The molecule has 4 aromatic rings. The van der Waals surface area contributed by atoms with E-state index in [1.165, 1.54) is 7.11 Å². The van der Waals surface area contributed by atoms with Crippen molar-refractivity contribution in [3.63, 3.8) is 0 Å². The fourth-order valence-electron chi connectivity index (χ4n) is 4.95. The number of carbonyl (C=O) groups is 1. The van der Waals surface area contributed by atoms with Gasteiger partial charge in [0.05, 0.1) is 31.0 Å². The molecule has 0 radical (unpaired) electrons. The Morgan fingerprint density at radius 1 is 1.27 bits per heavy atom. The summed E-state index contributed by atoms with van der Waals surface area (Å²) in [5, 5.41) is 15.4. The van der Waals surface area contributed by atoms with E-state index in [-0.39, 0.29) is 30.4 Å². The normalized spacial score (nSPS) is 13.4. The molecule has 4 rings (SSSR count). The zero-order valence-corrected chi connectivity index (χ0v) is 24.0. The molecule has 0 aliphatic carbocycles. The highest BCUT2D eigenvalue weighted by atomic mass is 16.5. The van der Waals surface area contributed by atoms with Crippen LogP contribution in [0.2, 0.25) is 0 Å². The van der Waals surface area contributed by atoms with Crippen LogP contribution in [-0.4, -0.2) is 64.4 Å². The first-order valence-electron chi connectivity index (χ1n) is 13.3. The van der Waals surface area contributed by atoms with Crippen LogP contribution in [0.3, 0.4) is 0 Å². The highest BCUT2D eigenvalue weighted by Crippen LogP contribution is 2.41. The predicted molar refractivity (Wildman–Crippen MR) is 153 cm³/mol. The van der Waals surface area contributed by atoms with Gasteiger partial charge in [-0.15, -0.1) is 0 Å². The van der Waals surface area contributed by atoms with Crippen molar-refractivity contribution < 1.29 is 23.9 Å². The fourth-order valence-corrected chi connectivity index (χ4v) is 4.95. The lowest BCUT2D eigenvalue weighted by Gasteiger charge is -2.23.